The van der Waals surface area contributed by atoms with Crippen molar-refractivity contribution in [3.05, 3.63) is 50.7 Å². The Labute approximate surface area is 115 Å². The van der Waals surface area contributed by atoms with E-state index in [0.717, 1.165) is 11.3 Å². The standard InChI is InChI=1S/C14H13ClO2S/c1-8-4-5-18-14(8)13-7-11(16)10-6-9(15)2-3-12(10)17-13/h2-6,11,13,16H,7H2,1H3/t11-,13?/m1/s1. The zero-order chi connectivity index (χ0) is 12.7. The zero-order valence-corrected chi connectivity index (χ0v) is 11.5. The van der Waals surface area contributed by atoms with Crippen LogP contribution in [0.5, 0.6) is 5.75 Å². The average Bonchev–Trinajstić information content (AvgIpc) is 2.76. The zero-order valence-electron chi connectivity index (χ0n) is 9.89. The van der Waals surface area contributed by atoms with Gasteiger partial charge in [-0.15, -0.1) is 11.3 Å². The monoisotopic (exact) mass is 280 g/mol. The molecule has 1 aliphatic rings. The molecule has 0 radical (unpaired) electrons. The number of hydrogen-bond donors (Lipinski definition) is 1. The van der Waals surface area contributed by atoms with Crippen molar-refractivity contribution in [2.45, 2.75) is 25.6 Å². The third-order valence-corrected chi connectivity index (χ3v) is 4.58. The summed E-state index contributed by atoms with van der Waals surface area (Å²) in [6, 6.07) is 7.47. The Hall–Kier alpha value is -1.03. The molecule has 1 aromatic carbocycles. The average molecular weight is 281 g/mol. The van der Waals surface area contributed by atoms with E-state index in [1.165, 1.54) is 10.4 Å². The lowest BCUT2D eigenvalue weighted by atomic mass is 9.97. The fourth-order valence-electron chi connectivity index (χ4n) is 2.29. The molecule has 1 aromatic heterocycles. The molecule has 94 valence electrons. The Morgan fingerprint density at radius 2 is 2.22 bits per heavy atom. The van der Waals surface area contributed by atoms with Gasteiger partial charge < -0.3 is 9.84 Å². The first kappa shape index (κ1) is 12.0. The second kappa shape index (κ2) is 4.57. The highest BCUT2D eigenvalue weighted by molar-refractivity contribution is 7.10. The van der Waals surface area contributed by atoms with Crippen molar-refractivity contribution >= 4 is 22.9 Å². The van der Waals surface area contributed by atoms with Gasteiger partial charge in [0, 0.05) is 21.9 Å². The first-order valence-corrected chi connectivity index (χ1v) is 7.09. The summed E-state index contributed by atoms with van der Waals surface area (Å²) in [4.78, 5) is 1.19. The van der Waals surface area contributed by atoms with Crippen LogP contribution in [0.15, 0.2) is 29.6 Å². The summed E-state index contributed by atoms with van der Waals surface area (Å²) in [6.07, 6.45) is 0.00180. The van der Waals surface area contributed by atoms with Gasteiger partial charge in [-0.3, -0.25) is 0 Å². The summed E-state index contributed by atoms with van der Waals surface area (Å²) in [5.41, 5.74) is 2.00. The Balaban J connectivity index is 1.97. The molecular weight excluding hydrogens is 268 g/mol. The van der Waals surface area contributed by atoms with Crippen LogP contribution in [-0.4, -0.2) is 5.11 Å². The van der Waals surface area contributed by atoms with Gasteiger partial charge in [0.1, 0.15) is 11.9 Å². The van der Waals surface area contributed by atoms with E-state index >= 15 is 0 Å². The van der Waals surface area contributed by atoms with Gasteiger partial charge in [-0.05, 0) is 42.1 Å². The maximum atomic E-state index is 10.2. The second-order valence-electron chi connectivity index (χ2n) is 4.51. The molecule has 2 heterocycles. The highest BCUT2D eigenvalue weighted by Crippen LogP contribution is 2.43. The molecule has 1 unspecified atom stereocenters. The number of benzene rings is 1. The van der Waals surface area contributed by atoms with E-state index in [4.69, 9.17) is 16.3 Å². The van der Waals surface area contributed by atoms with Crippen molar-refractivity contribution in [1.29, 1.82) is 0 Å². The van der Waals surface area contributed by atoms with Gasteiger partial charge in [-0.25, -0.2) is 0 Å². The molecule has 2 atom stereocenters. The molecule has 0 aliphatic carbocycles. The van der Waals surface area contributed by atoms with Gasteiger partial charge in [0.15, 0.2) is 0 Å². The number of fused-ring (bicyclic) bond motifs is 1. The summed E-state index contributed by atoms with van der Waals surface area (Å²) in [5.74, 6) is 0.732. The van der Waals surface area contributed by atoms with Crippen LogP contribution in [-0.2, 0) is 0 Å². The molecule has 0 saturated carbocycles. The summed E-state index contributed by atoms with van der Waals surface area (Å²) >= 11 is 7.61. The molecule has 1 aliphatic heterocycles. The third kappa shape index (κ3) is 2.03. The Bertz CT molecular complexity index is 579. The Kier molecular flexibility index (Phi) is 3.06. The molecule has 0 spiro atoms. The Morgan fingerprint density at radius 3 is 2.94 bits per heavy atom. The number of aryl methyl sites for hydroxylation is 1. The minimum Gasteiger partial charge on any atom is -0.484 e. The second-order valence-corrected chi connectivity index (χ2v) is 5.89. The molecular formula is C14H13ClO2S. The van der Waals surface area contributed by atoms with Crippen molar-refractivity contribution in [2.75, 3.05) is 0 Å². The maximum absolute atomic E-state index is 10.2. The molecule has 2 aromatic rings. The smallest absolute Gasteiger partial charge is 0.136 e. The number of hydrogen-bond acceptors (Lipinski definition) is 3. The number of ether oxygens (including phenoxy) is 1. The number of halogens is 1. The molecule has 0 amide bonds. The van der Waals surface area contributed by atoms with E-state index in [-0.39, 0.29) is 6.10 Å². The summed E-state index contributed by atoms with van der Waals surface area (Å²) in [5, 5.41) is 12.9. The van der Waals surface area contributed by atoms with E-state index in [1.807, 2.05) is 6.07 Å². The number of aliphatic hydroxyl groups is 1. The summed E-state index contributed by atoms with van der Waals surface area (Å²) in [6.45, 7) is 2.07. The minimum atomic E-state index is -0.515. The predicted octanol–water partition coefficient (Wildman–Crippen LogP) is 4.27. The quantitative estimate of drug-likeness (QED) is 0.845. The van der Waals surface area contributed by atoms with Gasteiger partial charge >= 0.3 is 0 Å². The lowest BCUT2D eigenvalue weighted by molar-refractivity contribution is 0.0672. The van der Waals surface area contributed by atoms with E-state index < -0.39 is 6.10 Å². The van der Waals surface area contributed by atoms with E-state index in [2.05, 4.69) is 18.4 Å². The van der Waals surface area contributed by atoms with Crippen LogP contribution in [0, 0.1) is 6.92 Å². The summed E-state index contributed by atoms with van der Waals surface area (Å²) < 4.78 is 5.97. The molecule has 0 bridgehead atoms. The van der Waals surface area contributed by atoms with Crippen LogP contribution in [0.4, 0.5) is 0 Å². The number of aliphatic hydroxyl groups excluding tert-OH is 1. The van der Waals surface area contributed by atoms with Crippen molar-refractivity contribution in [2.24, 2.45) is 0 Å². The van der Waals surface area contributed by atoms with Crippen LogP contribution < -0.4 is 4.74 Å². The molecule has 1 N–H and O–H groups in total. The van der Waals surface area contributed by atoms with E-state index in [0.29, 0.717) is 11.4 Å². The third-order valence-electron chi connectivity index (χ3n) is 3.23. The largest absolute Gasteiger partial charge is 0.484 e. The maximum Gasteiger partial charge on any atom is 0.136 e. The molecule has 18 heavy (non-hydrogen) atoms. The predicted molar refractivity (Wildman–Crippen MR) is 73.5 cm³/mol. The van der Waals surface area contributed by atoms with Crippen molar-refractivity contribution < 1.29 is 9.84 Å². The van der Waals surface area contributed by atoms with Gasteiger partial charge in [-0.1, -0.05) is 11.6 Å². The molecule has 0 saturated heterocycles. The highest BCUT2D eigenvalue weighted by atomic mass is 35.5. The van der Waals surface area contributed by atoms with Gasteiger partial charge in [0.2, 0.25) is 0 Å². The van der Waals surface area contributed by atoms with Gasteiger partial charge in [-0.2, -0.15) is 0 Å². The van der Waals surface area contributed by atoms with Crippen molar-refractivity contribution in [3.8, 4) is 5.75 Å². The fourth-order valence-corrected chi connectivity index (χ4v) is 3.44. The SMILES string of the molecule is Cc1ccsc1C1C[C@@H](O)c2cc(Cl)ccc2O1. The van der Waals surface area contributed by atoms with Gasteiger partial charge in [0.25, 0.3) is 0 Å². The van der Waals surface area contributed by atoms with Crippen LogP contribution in [0.2, 0.25) is 5.02 Å². The van der Waals surface area contributed by atoms with Crippen LogP contribution in [0.1, 0.15) is 34.6 Å². The number of rotatable bonds is 1. The normalized spacial score (nSPS) is 22.4. The highest BCUT2D eigenvalue weighted by Gasteiger charge is 2.29. The first-order chi connectivity index (χ1) is 8.65. The molecule has 0 fully saturated rings. The summed E-state index contributed by atoms with van der Waals surface area (Å²) in [7, 11) is 0. The molecule has 3 rings (SSSR count). The topological polar surface area (TPSA) is 29.5 Å². The van der Waals surface area contributed by atoms with E-state index in [1.54, 1.807) is 23.5 Å². The van der Waals surface area contributed by atoms with Crippen molar-refractivity contribution in [3.63, 3.8) is 0 Å². The minimum absolute atomic E-state index is 0.0614. The number of thiophene rings is 1. The first-order valence-electron chi connectivity index (χ1n) is 5.83. The fraction of sp³-hybridized carbons (Fsp3) is 0.286. The van der Waals surface area contributed by atoms with Crippen LogP contribution >= 0.6 is 22.9 Å². The molecule has 2 nitrogen and oxygen atoms in total. The van der Waals surface area contributed by atoms with Crippen LogP contribution in [0.3, 0.4) is 0 Å². The van der Waals surface area contributed by atoms with E-state index in [9.17, 15) is 5.11 Å². The van der Waals surface area contributed by atoms with Gasteiger partial charge in [0.05, 0.1) is 6.10 Å². The van der Waals surface area contributed by atoms with Crippen LogP contribution in [0.25, 0.3) is 0 Å². The lowest BCUT2D eigenvalue weighted by Crippen LogP contribution is -2.18. The molecule has 4 heteroatoms. The lowest BCUT2D eigenvalue weighted by Gasteiger charge is -2.29. The van der Waals surface area contributed by atoms with Crippen molar-refractivity contribution in [1.82, 2.24) is 0 Å². The Morgan fingerprint density at radius 1 is 1.39 bits per heavy atom.